The molecule has 1 unspecified atom stereocenters. The quantitative estimate of drug-likeness (QED) is 0.470. The van der Waals surface area contributed by atoms with E-state index >= 15 is 0 Å². The van der Waals surface area contributed by atoms with E-state index in [1.807, 2.05) is 0 Å². The van der Waals surface area contributed by atoms with Crippen molar-refractivity contribution in [2.45, 2.75) is 32.4 Å². The lowest BCUT2D eigenvalue weighted by Crippen LogP contribution is -2.33. The molecule has 0 bridgehead atoms. The highest BCUT2D eigenvalue weighted by atomic mass is 16.5. The SMILES string of the molecule is C#CCC(N)C(=O)OC(C)C. The number of hydrogen-bond donors (Lipinski definition) is 1. The molecule has 0 aromatic heterocycles. The molecule has 2 N–H and O–H groups in total. The van der Waals surface area contributed by atoms with Crippen LogP contribution in [0.4, 0.5) is 0 Å². The van der Waals surface area contributed by atoms with E-state index in [2.05, 4.69) is 5.92 Å². The molecule has 0 radical (unpaired) electrons. The summed E-state index contributed by atoms with van der Waals surface area (Å²) in [5, 5.41) is 0. The van der Waals surface area contributed by atoms with E-state index in [4.69, 9.17) is 16.9 Å². The van der Waals surface area contributed by atoms with Crippen molar-refractivity contribution in [3.8, 4) is 12.3 Å². The molecule has 3 nitrogen and oxygen atoms in total. The number of terminal acetylenes is 1. The van der Waals surface area contributed by atoms with Crippen LogP contribution in [0.15, 0.2) is 0 Å². The van der Waals surface area contributed by atoms with Gasteiger partial charge in [-0.05, 0) is 13.8 Å². The molecule has 0 amide bonds. The Hall–Kier alpha value is -1.01. The lowest BCUT2D eigenvalue weighted by Gasteiger charge is -2.10. The zero-order chi connectivity index (χ0) is 8.85. The predicted octanol–water partition coefficient (Wildman–Crippen LogP) is 0.289. The number of esters is 1. The number of carbonyl (C=O) groups excluding carboxylic acids is 1. The molecule has 0 aromatic carbocycles. The van der Waals surface area contributed by atoms with Crippen molar-refractivity contribution in [2.24, 2.45) is 5.73 Å². The van der Waals surface area contributed by atoms with Crippen LogP contribution in [0.25, 0.3) is 0 Å². The van der Waals surface area contributed by atoms with Gasteiger partial charge in [0.1, 0.15) is 6.04 Å². The molecule has 11 heavy (non-hydrogen) atoms. The molecule has 0 fully saturated rings. The molecule has 1 atom stereocenters. The van der Waals surface area contributed by atoms with Crippen molar-refractivity contribution in [3.05, 3.63) is 0 Å². The second-order valence-corrected chi connectivity index (χ2v) is 2.50. The number of ether oxygens (including phenoxy) is 1. The van der Waals surface area contributed by atoms with Crippen LogP contribution in [-0.2, 0) is 9.53 Å². The van der Waals surface area contributed by atoms with Crippen molar-refractivity contribution in [1.82, 2.24) is 0 Å². The van der Waals surface area contributed by atoms with Crippen molar-refractivity contribution in [2.75, 3.05) is 0 Å². The van der Waals surface area contributed by atoms with Crippen LogP contribution in [-0.4, -0.2) is 18.1 Å². The lowest BCUT2D eigenvalue weighted by molar-refractivity contribution is -0.148. The predicted molar refractivity (Wildman–Crippen MR) is 42.7 cm³/mol. The van der Waals surface area contributed by atoms with Gasteiger partial charge < -0.3 is 10.5 Å². The Kier molecular flexibility index (Phi) is 4.32. The molecule has 0 rings (SSSR count). The maximum atomic E-state index is 10.9. The van der Waals surface area contributed by atoms with Crippen LogP contribution in [0.2, 0.25) is 0 Å². The lowest BCUT2D eigenvalue weighted by atomic mass is 10.2. The summed E-state index contributed by atoms with van der Waals surface area (Å²) < 4.78 is 4.81. The van der Waals surface area contributed by atoms with Gasteiger partial charge in [-0.2, -0.15) is 0 Å². The molecule has 0 aliphatic rings. The van der Waals surface area contributed by atoms with E-state index in [1.54, 1.807) is 13.8 Å². The molecule has 62 valence electrons. The van der Waals surface area contributed by atoms with Gasteiger partial charge >= 0.3 is 5.97 Å². The topological polar surface area (TPSA) is 52.3 Å². The zero-order valence-corrected chi connectivity index (χ0v) is 6.83. The van der Waals surface area contributed by atoms with Gasteiger partial charge in [0.25, 0.3) is 0 Å². The first-order valence-electron chi connectivity index (χ1n) is 3.47. The fourth-order valence-corrected chi connectivity index (χ4v) is 0.530. The molecule has 0 saturated heterocycles. The summed E-state index contributed by atoms with van der Waals surface area (Å²) in [5.41, 5.74) is 5.36. The minimum Gasteiger partial charge on any atom is -0.462 e. The smallest absolute Gasteiger partial charge is 0.324 e. The van der Waals surface area contributed by atoms with Crippen LogP contribution < -0.4 is 5.73 Å². The third-order valence-corrected chi connectivity index (χ3v) is 0.992. The molecule has 0 spiro atoms. The molecule has 0 heterocycles. The van der Waals surface area contributed by atoms with Crippen molar-refractivity contribution in [1.29, 1.82) is 0 Å². The third-order valence-electron chi connectivity index (χ3n) is 0.992. The standard InChI is InChI=1S/C8H13NO2/c1-4-5-7(9)8(10)11-6(2)3/h1,6-7H,5,9H2,2-3H3. The second kappa shape index (κ2) is 4.75. The van der Waals surface area contributed by atoms with Crippen LogP contribution in [0.5, 0.6) is 0 Å². The maximum Gasteiger partial charge on any atom is 0.324 e. The molecule has 0 aromatic rings. The summed E-state index contributed by atoms with van der Waals surface area (Å²) in [5.74, 6) is 1.86. The maximum absolute atomic E-state index is 10.9. The summed E-state index contributed by atoms with van der Waals surface area (Å²) in [7, 11) is 0. The van der Waals surface area contributed by atoms with Crippen molar-refractivity contribution in [3.63, 3.8) is 0 Å². The summed E-state index contributed by atoms with van der Waals surface area (Å²) >= 11 is 0. The Morgan fingerprint density at radius 2 is 2.27 bits per heavy atom. The summed E-state index contributed by atoms with van der Waals surface area (Å²) in [6.45, 7) is 3.53. The average molecular weight is 155 g/mol. The first kappa shape index (κ1) is 9.99. The molecule has 0 aliphatic heterocycles. The minimum atomic E-state index is -0.678. The van der Waals surface area contributed by atoms with E-state index in [1.165, 1.54) is 0 Å². The van der Waals surface area contributed by atoms with Crippen LogP contribution in [0.3, 0.4) is 0 Å². The normalized spacial score (nSPS) is 12.3. The fourth-order valence-electron chi connectivity index (χ4n) is 0.530. The highest BCUT2D eigenvalue weighted by molar-refractivity contribution is 5.75. The molecular formula is C8H13NO2. The van der Waals surface area contributed by atoms with Gasteiger partial charge in [-0.3, -0.25) is 4.79 Å². The monoisotopic (exact) mass is 155 g/mol. The van der Waals surface area contributed by atoms with Gasteiger partial charge in [-0.1, -0.05) is 0 Å². The van der Waals surface area contributed by atoms with E-state index in [0.717, 1.165) is 0 Å². The Balaban J connectivity index is 3.75. The highest BCUT2D eigenvalue weighted by Crippen LogP contribution is 1.94. The molecule has 0 saturated carbocycles. The van der Waals surface area contributed by atoms with E-state index in [9.17, 15) is 4.79 Å². The first-order valence-corrected chi connectivity index (χ1v) is 3.47. The largest absolute Gasteiger partial charge is 0.462 e. The second-order valence-electron chi connectivity index (χ2n) is 2.50. The van der Waals surface area contributed by atoms with E-state index in [-0.39, 0.29) is 12.5 Å². The third kappa shape index (κ3) is 4.40. The minimum absolute atomic E-state index is 0.133. The van der Waals surface area contributed by atoms with Gasteiger partial charge in [0.2, 0.25) is 0 Å². The Bertz CT molecular complexity index is 169. The van der Waals surface area contributed by atoms with Gasteiger partial charge in [0.15, 0.2) is 0 Å². The van der Waals surface area contributed by atoms with Crippen molar-refractivity contribution >= 4 is 5.97 Å². The fraction of sp³-hybridized carbons (Fsp3) is 0.625. The molecular weight excluding hydrogens is 142 g/mol. The van der Waals surface area contributed by atoms with Gasteiger partial charge in [0, 0.05) is 6.42 Å². The first-order chi connectivity index (χ1) is 5.07. The number of rotatable bonds is 3. The number of hydrogen-bond acceptors (Lipinski definition) is 3. The van der Waals surface area contributed by atoms with Gasteiger partial charge in [0.05, 0.1) is 6.10 Å². The van der Waals surface area contributed by atoms with Gasteiger partial charge in [-0.25, -0.2) is 0 Å². The van der Waals surface area contributed by atoms with Crippen molar-refractivity contribution < 1.29 is 9.53 Å². The average Bonchev–Trinajstić information content (AvgIpc) is 1.86. The van der Waals surface area contributed by atoms with Crippen LogP contribution in [0, 0.1) is 12.3 Å². The van der Waals surface area contributed by atoms with E-state index in [0.29, 0.717) is 0 Å². The summed E-state index contributed by atoms with van der Waals surface area (Å²) in [4.78, 5) is 10.9. The van der Waals surface area contributed by atoms with Crippen LogP contribution in [0.1, 0.15) is 20.3 Å². The number of nitrogens with two attached hydrogens (primary N) is 1. The van der Waals surface area contributed by atoms with E-state index < -0.39 is 12.0 Å². The summed E-state index contributed by atoms with van der Waals surface area (Å²) in [6, 6.07) is -0.678. The van der Waals surface area contributed by atoms with Crippen LogP contribution >= 0.6 is 0 Å². The highest BCUT2D eigenvalue weighted by Gasteiger charge is 2.14. The zero-order valence-electron chi connectivity index (χ0n) is 6.83. The number of carbonyl (C=O) groups is 1. The van der Waals surface area contributed by atoms with Gasteiger partial charge in [-0.15, -0.1) is 12.3 Å². The molecule has 3 heteroatoms. The Labute approximate surface area is 66.9 Å². The Morgan fingerprint density at radius 1 is 1.73 bits per heavy atom. The summed E-state index contributed by atoms with van der Waals surface area (Å²) in [6.07, 6.45) is 5.05. The Morgan fingerprint density at radius 3 is 2.64 bits per heavy atom. The molecule has 0 aliphatic carbocycles.